The van der Waals surface area contributed by atoms with Crippen molar-refractivity contribution in [2.24, 2.45) is 0 Å². The lowest BCUT2D eigenvalue weighted by Gasteiger charge is -2.21. The number of urea groups is 1. The van der Waals surface area contributed by atoms with Gasteiger partial charge in [-0.05, 0) is 58.2 Å². The van der Waals surface area contributed by atoms with Gasteiger partial charge >= 0.3 is 12.0 Å². The third kappa shape index (κ3) is 6.81. The first-order valence-corrected chi connectivity index (χ1v) is 7.86. The number of carbonyl (C=O) groups excluding carboxylic acids is 3. The van der Waals surface area contributed by atoms with E-state index in [0.717, 1.165) is 16.7 Å². The minimum Gasteiger partial charge on any atom is -0.452 e. The molecular formula is C18H26N2O4. The lowest BCUT2D eigenvalue weighted by atomic mass is 10.0. The number of hydrogen-bond acceptors (Lipinski definition) is 4. The third-order valence-corrected chi connectivity index (χ3v) is 3.32. The summed E-state index contributed by atoms with van der Waals surface area (Å²) >= 11 is 0. The normalized spacial score (nSPS) is 12.2. The van der Waals surface area contributed by atoms with E-state index in [1.807, 2.05) is 32.0 Å². The Morgan fingerprint density at radius 3 is 2.29 bits per heavy atom. The van der Waals surface area contributed by atoms with Gasteiger partial charge in [0.1, 0.15) is 0 Å². The van der Waals surface area contributed by atoms with E-state index in [1.54, 1.807) is 20.8 Å². The van der Waals surface area contributed by atoms with E-state index in [1.165, 1.54) is 6.92 Å². The quantitative estimate of drug-likeness (QED) is 0.828. The van der Waals surface area contributed by atoms with Crippen LogP contribution in [0.2, 0.25) is 0 Å². The third-order valence-electron chi connectivity index (χ3n) is 3.32. The summed E-state index contributed by atoms with van der Waals surface area (Å²) in [4.78, 5) is 35.4. The zero-order valence-electron chi connectivity index (χ0n) is 15.1. The zero-order valence-corrected chi connectivity index (χ0v) is 15.1. The van der Waals surface area contributed by atoms with Crippen LogP contribution >= 0.6 is 0 Å². The van der Waals surface area contributed by atoms with E-state index < -0.39 is 29.6 Å². The lowest BCUT2D eigenvalue weighted by Crippen LogP contribution is -2.50. The second-order valence-electron chi connectivity index (χ2n) is 6.92. The number of esters is 1. The summed E-state index contributed by atoms with van der Waals surface area (Å²) in [5.41, 5.74) is 2.59. The molecule has 24 heavy (non-hydrogen) atoms. The predicted octanol–water partition coefficient (Wildman–Crippen LogP) is 2.40. The Labute approximate surface area is 143 Å². The molecule has 6 nitrogen and oxygen atoms in total. The lowest BCUT2D eigenvalue weighted by molar-refractivity contribution is -0.153. The summed E-state index contributed by atoms with van der Waals surface area (Å²) in [6.07, 6.45) is -0.970. The first kappa shape index (κ1) is 19.7. The summed E-state index contributed by atoms with van der Waals surface area (Å²) in [5, 5.41) is 4.75. The van der Waals surface area contributed by atoms with Gasteiger partial charge in [0.15, 0.2) is 6.10 Å². The minimum atomic E-state index is -1.05. The van der Waals surface area contributed by atoms with E-state index in [2.05, 4.69) is 10.6 Å². The monoisotopic (exact) mass is 334 g/mol. The van der Waals surface area contributed by atoms with Crippen molar-refractivity contribution in [3.8, 4) is 0 Å². The van der Waals surface area contributed by atoms with E-state index >= 15 is 0 Å². The fourth-order valence-electron chi connectivity index (χ4n) is 1.96. The van der Waals surface area contributed by atoms with Gasteiger partial charge in [-0.15, -0.1) is 0 Å². The standard InChI is InChI=1S/C18H26N2O4/c1-11-7-8-14(9-12(11)2)10-15(21)24-13(3)16(22)19-17(23)20-18(4,5)6/h7-9,13H,10H2,1-6H3,(H2,19,20,22,23)/t13-/m1/s1. The van der Waals surface area contributed by atoms with Crippen LogP contribution in [0.1, 0.15) is 44.4 Å². The molecule has 0 saturated carbocycles. The van der Waals surface area contributed by atoms with Crippen LogP contribution < -0.4 is 10.6 Å². The van der Waals surface area contributed by atoms with Crippen molar-refractivity contribution >= 4 is 17.9 Å². The minimum absolute atomic E-state index is 0.0763. The Bertz CT molecular complexity index is 632. The van der Waals surface area contributed by atoms with Crippen molar-refractivity contribution in [3.63, 3.8) is 0 Å². The smallest absolute Gasteiger partial charge is 0.321 e. The zero-order chi connectivity index (χ0) is 18.5. The molecule has 0 aliphatic heterocycles. The average Bonchev–Trinajstić information content (AvgIpc) is 2.40. The highest BCUT2D eigenvalue weighted by Gasteiger charge is 2.22. The van der Waals surface area contributed by atoms with Crippen LogP contribution in [0.25, 0.3) is 0 Å². The van der Waals surface area contributed by atoms with Gasteiger partial charge in [0.05, 0.1) is 6.42 Å². The highest BCUT2D eigenvalue weighted by Crippen LogP contribution is 2.11. The molecule has 0 aliphatic carbocycles. The molecule has 1 aromatic rings. The maximum absolute atomic E-state index is 11.9. The summed E-state index contributed by atoms with van der Waals surface area (Å²) < 4.78 is 5.09. The van der Waals surface area contributed by atoms with Gasteiger partial charge in [-0.1, -0.05) is 18.2 Å². The molecule has 3 amide bonds. The average molecular weight is 334 g/mol. The first-order chi connectivity index (χ1) is 11.0. The predicted molar refractivity (Wildman–Crippen MR) is 91.6 cm³/mol. The van der Waals surface area contributed by atoms with Crippen molar-refractivity contribution in [1.29, 1.82) is 0 Å². The van der Waals surface area contributed by atoms with Crippen molar-refractivity contribution in [1.82, 2.24) is 10.6 Å². The molecule has 0 bridgehead atoms. The number of rotatable bonds is 4. The molecule has 0 heterocycles. The van der Waals surface area contributed by atoms with Gasteiger partial charge in [0, 0.05) is 5.54 Å². The Kier molecular flexibility index (Phi) is 6.51. The number of aryl methyl sites for hydroxylation is 2. The Morgan fingerprint density at radius 2 is 1.75 bits per heavy atom. The van der Waals surface area contributed by atoms with Crippen molar-refractivity contribution in [3.05, 3.63) is 34.9 Å². The summed E-state index contributed by atoms with van der Waals surface area (Å²) in [5.74, 6) is -1.18. The fourth-order valence-corrected chi connectivity index (χ4v) is 1.96. The molecule has 1 rings (SSSR count). The van der Waals surface area contributed by atoms with E-state index in [-0.39, 0.29) is 6.42 Å². The molecule has 1 atom stereocenters. The van der Waals surface area contributed by atoms with Gasteiger partial charge in [0.25, 0.3) is 5.91 Å². The van der Waals surface area contributed by atoms with Gasteiger partial charge < -0.3 is 10.1 Å². The molecule has 0 fully saturated rings. The largest absolute Gasteiger partial charge is 0.452 e. The Hall–Kier alpha value is -2.37. The van der Waals surface area contributed by atoms with Gasteiger partial charge in [-0.2, -0.15) is 0 Å². The van der Waals surface area contributed by atoms with E-state index in [4.69, 9.17) is 4.74 Å². The van der Waals surface area contributed by atoms with Crippen LogP contribution in [0.15, 0.2) is 18.2 Å². The number of nitrogens with one attached hydrogen (secondary N) is 2. The van der Waals surface area contributed by atoms with Crippen molar-refractivity contribution in [2.45, 2.75) is 59.6 Å². The summed E-state index contributed by atoms with van der Waals surface area (Å²) in [6, 6.07) is 5.08. The Morgan fingerprint density at radius 1 is 1.12 bits per heavy atom. The molecular weight excluding hydrogens is 308 g/mol. The maximum Gasteiger partial charge on any atom is 0.321 e. The molecule has 0 radical (unpaired) electrons. The second-order valence-corrected chi connectivity index (χ2v) is 6.92. The topological polar surface area (TPSA) is 84.5 Å². The Balaban J connectivity index is 2.52. The maximum atomic E-state index is 11.9. The number of imide groups is 1. The molecule has 0 aromatic heterocycles. The number of ether oxygens (including phenoxy) is 1. The van der Waals surface area contributed by atoms with Crippen LogP contribution in [0.4, 0.5) is 4.79 Å². The van der Waals surface area contributed by atoms with Crippen LogP contribution in [0.5, 0.6) is 0 Å². The molecule has 0 spiro atoms. The number of benzene rings is 1. The van der Waals surface area contributed by atoms with Crippen LogP contribution in [0.3, 0.4) is 0 Å². The highest BCUT2D eigenvalue weighted by atomic mass is 16.5. The van der Waals surface area contributed by atoms with Gasteiger partial charge in [-0.3, -0.25) is 14.9 Å². The van der Waals surface area contributed by atoms with Crippen LogP contribution in [-0.4, -0.2) is 29.6 Å². The highest BCUT2D eigenvalue weighted by molar-refractivity contribution is 5.97. The molecule has 1 aromatic carbocycles. The summed E-state index contributed by atoms with van der Waals surface area (Å²) in [7, 11) is 0. The van der Waals surface area contributed by atoms with Gasteiger partial charge in [0.2, 0.25) is 0 Å². The molecule has 0 unspecified atom stereocenters. The van der Waals surface area contributed by atoms with Gasteiger partial charge in [-0.25, -0.2) is 4.79 Å². The number of hydrogen-bond donors (Lipinski definition) is 2. The first-order valence-electron chi connectivity index (χ1n) is 7.86. The molecule has 2 N–H and O–H groups in total. The molecule has 6 heteroatoms. The summed E-state index contributed by atoms with van der Waals surface area (Å²) in [6.45, 7) is 10.8. The SMILES string of the molecule is Cc1ccc(CC(=O)O[C@H](C)C(=O)NC(=O)NC(C)(C)C)cc1C. The van der Waals surface area contributed by atoms with Crippen LogP contribution in [0, 0.1) is 13.8 Å². The van der Waals surface area contributed by atoms with Crippen molar-refractivity contribution in [2.75, 3.05) is 0 Å². The fraction of sp³-hybridized carbons (Fsp3) is 0.500. The van der Waals surface area contributed by atoms with E-state index in [0.29, 0.717) is 0 Å². The number of carbonyl (C=O) groups is 3. The molecule has 0 aliphatic rings. The van der Waals surface area contributed by atoms with E-state index in [9.17, 15) is 14.4 Å². The molecule has 132 valence electrons. The van der Waals surface area contributed by atoms with Crippen LogP contribution in [-0.2, 0) is 20.7 Å². The second kappa shape index (κ2) is 7.95. The number of amides is 3. The van der Waals surface area contributed by atoms with Crippen molar-refractivity contribution < 1.29 is 19.1 Å². The molecule has 0 saturated heterocycles.